The topological polar surface area (TPSA) is 43.8 Å². The largest absolute Gasteiger partial charge is 0.383 e. The Morgan fingerprint density at radius 2 is 1.85 bits per heavy atom. The van der Waals surface area contributed by atoms with Gasteiger partial charge in [-0.1, -0.05) is 32.9 Å². The van der Waals surface area contributed by atoms with Crippen molar-refractivity contribution in [2.75, 3.05) is 5.73 Å². The van der Waals surface area contributed by atoms with Gasteiger partial charge in [-0.25, -0.2) is 9.07 Å². The molecule has 2 N–H and O–H groups in total. The van der Waals surface area contributed by atoms with Crippen LogP contribution >= 0.6 is 15.9 Å². The van der Waals surface area contributed by atoms with E-state index in [9.17, 15) is 4.39 Å². The Labute approximate surface area is 127 Å². The van der Waals surface area contributed by atoms with Crippen LogP contribution in [0.25, 0.3) is 0 Å². The van der Waals surface area contributed by atoms with Crippen LogP contribution in [0.3, 0.4) is 0 Å². The van der Waals surface area contributed by atoms with Crippen LogP contribution < -0.4 is 5.73 Å². The average molecular weight is 340 g/mol. The van der Waals surface area contributed by atoms with Crippen molar-refractivity contribution in [1.82, 2.24) is 9.78 Å². The fourth-order valence-corrected chi connectivity index (χ4v) is 2.43. The first-order valence-corrected chi connectivity index (χ1v) is 7.31. The molecular weight excluding hydrogens is 321 g/mol. The molecule has 3 nitrogen and oxygen atoms in total. The summed E-state index contributed by atoms with van der Waals surface area (Å²) in [6.07, 6.45) is 0.841. The van der Waals surface area contributed by atoms with Crippen molar-refractivity contribution < 1.29 is 4.39 Å². The molecule has 5 heteroatoms. The summed E-state index contributed by atoms with van der Waals surface area (Å²) in [5, 5.41) is 4.56. The third kappa shape index (κ3) is 3.60. The van der Waals surface area contributed by atoms with E-state index < -0.39 is 0 Å². The van der Waals surface area contributed by atoms with Gasteiger partial charge in [-0.05, 0) is 45.5 Å². The third-order valence-electron chi connectivity index (χ3n) is 2.94. The maximum Gasteiger partial charge on any atom is 0.136 e. The highest BCUT2D eigenvalue weighted by Crippen LogP contribution is 2.30. The number of nitrogen functional groups attached to an aromatic ring is 1. The molecule has 2 rings (SSSR count). The zero-order valence-corrected chi connectivity index (χ0v) is 13.5. The molecule has 0 aliphatic carbocycles. The van der Waals surface area contributed by atoms with Crippen LogP contribution in [0.1, 0.15) is 32.0 Å². The van der Waals surface area contributed by atoms with Crippen molar-refractivity contribution in [2.24, 2.45) is 5.41 Å². The lowest BCUT2D eigenvalue weighted by Crippen LogP contribution is -2.11. The van der Waals surface area contributed by atoms with Crippen LogP contribution in [0.2, 0.25) is 0 Å². The fourth-order valence-electron chi connectivity index (χ4n) is 2.00. The quantitative estimate of drug-likeness (QED) is 0.918. The Bertz CT molecular complexity index is 597. The van der Waals surface area contributed by atoms with E-state index in [4.69, 9.17) is 5.73 Å². The van der Waals surface area contributed by atoms with E-state index in [2.05, 4.69) is 41.8 Å². The highest BCUT2D eigenvalue weighted by atomic mass is 79.9. The maximum atomic E-state index is 12.9. The Hall–Kier alpha value is -1.36. The Kier molecular flexibility index (Phi) is 4.18. The molecule has 0 bridgehead atoms. The lowest BCUT2D eigenvalue weighted by molar-refractivity contribution is 0.403. The first-order chi connectivity index (χ1) is 9.26. The van der Waals surface area contributed by atoms with E-state index in [0.29, 0.717) is 12.4 Å². The van der Waals surface area contributed by atoms with E-state index in [1.165, 1.54) is 12.1 Å². The van der Waals surface area contributed by atoms with Gasteiger partial charge in [0.05, 0.1) is 16.7 Å². The lowest BCUT2D eigenvalue weighted by Gasteiger charge is -2.16. The number of aromatic nitrogens is 2. The minimum atomic E-state index is -0.239. The molecule has 0 fully saturated rings. The summed E-state index contributed by atoms with van der Waals surface area (Å²) in [5.41, 5.74) is 8.15. The molecule has 1 aromatic carbocycles. The van der Waals surface area contributed by atoms with Gasteiger partial charge in [0.2, 0.25) is 0 Å². The predicted octanol–water partition coefficient (Wildman–Crippen LogP) is 4.00. The second-order valence-electron chi connectivity index (χ2n) is 6.17. The van der Waals surface area contributed by atoms with Gasteiger partial charge in [0.1, 0.15) is 11.6 Å². The molecule has 108 valence electrons. The molecule has 0 aliphatic rings. The Morgan fingerprint density at radius 1 is 1.25 bits per heavy atom. The van der Waals surface area contributed by atoms with Gasteiger partial charge in [0.25, 0.3) is 0 Å². The fraction of sp³-hybridized carbons (Fsp3) is 0.400. The highest BCUT2D eigenvalue weighted by molar-refractivity contribution is 9.10. The molecule has 20 heavy (non-hydrogen) atoms. The van der Waals surface area contributed by atoms with Crippen molar-refractivity contribution in [3.05, 3.63) is 45.8 Å². The number of benzene rings is 1. The second kappa shape index (κ2) is 5.56. The van der Waals surface area contributed by atoms with Crippen molar-refractivity contribution >= 4 is 21.7 Å². The predicted molar refractivity (Wildman–Crippen MR) is 83.0 cm³/mol. The number of nitrogens with zero attached hydrogens (tertiary/aromatic N) is 2. The highest BCUT2D eigenvalue weighted by Gasteiger charge is 2.19. The van der Waals surface area contributed by atoms with E-state index in [1.807, 2.05) is 0 Å². The molecule has 0 radical (unpaired) electrons. The van der Waals surface area contributed by atoms with Crippen molar-refractivity contribution in [2.45, 2.75) is 33.7 Å². The van der Waals surface area contributed by atoms with E-state index in [-0.39, 0.29) is 11.2 Å². The number of halogens is 2. The smallest absolute Gasteiger partial charge is 0.136 e. The molecule has 0 amide bonds. The van der Waals surface area contributed by atoms with E-state index in [1.54, 1.807) is 16.8 Å². The van der Waals surface area contributed by atoms with Crippen molar-refractivity contribution in [3.8, 4) is 0 Å². The molecule has 0 saturated heterocycles. The van der Waals surface area contributed by atoms with Gasteiger partial charge in [-0.3, -0.25) is 0 Å². The number of nitrogens with two attached hydrogens (primary N) is 1. The van der Waals surface area contributed by atoms with Crippen LogP contribution in [-0.2, 0) is 13.0 Å². The first-order valence-electron chi connectivity index (χ1n) is 6.51. The van der Waals surface area contributed by atoms with Crippen LogP contribution in [0.4, 0.5) is 10.2 Å². The molecule has 1 heterocycles. The van der Waals surface area contributed by atoms with Crippen molar-refractivity contribution in [1.29, 1.82) is 0 Å². The summed E-state index contributed by atoms with van der Waals surface area (Å²) in [6, 6.07) is 6.38. The molecule has 0 spiro atoms. The van der Waals surface area contributed by atoms with Crippen LogP contribution in [0.5, 0.6) is 0 Å². The summed E-state index contributed by atoms with van der Waals surface area (Å²) < 4.78 is 15.5. The number of hydrogen-bond donors (Lipinski definition) is 1. The van der Waals surface area contributed by atoms with Crippen molar-refractivity contribution in [3.63, 3.8) is 0 Å². The molecule has 2 aromatic rings. The number of hydrogen-bond acceptors (Lipinski definition) is 2. The van der Waals surface area contributed by atoms with Crippen LogP contribution in [0.15, 0.2) is 28.7 Å². The minimum Gasteiger partial charge on any atom is -0.383 e. The van der Waals surface area contributed by atoms with Gasteiger partial charge in [0, 0.05) is 0 Å². The molecule has 0 unspecified atom stereocenters. The monoisotopic (exact) mass is 339 g/mol. The lowest BCUT2D eigenvalue weighted by atomic mass is 9.91. The first kappa shape index (κ1) is 15.0. The zero-order valence-electron chi connectivity index (χ0n) is 12.0. The summed E-state index contributed by atoms with van der Waals surface area (Å²) >= 11 is 3.51. The standard InChI is InChI=1S/C15H19BrFN3/c1-15(2,3)8-12-13(16)14(18)20(19-12)9-10-4-6-11(17)7-5-10/h4-7H,8-9,18H2,1-3H3. The molecule has 0 aliphatic heterocycles. The summed E-state index contributed by atoms with van der Waals surface area (Å²) in [5.74, 6) is 0.366. The summed E-state index contributed by atoms with van der Waals surface area (Å²) in [6.45, 7) is 7.02. The van der Waals surface area contributed by atoms with Crippen LogP contribution in [-0.4, -0.2) is 9.78 Å². The van der Waals surface area contributed by atoms with Crippen LogP contribution in [0, 0.1) is 11.2 Å². The van der Waals surface area contributed by atoms with E-state index >= 15 is 0 Å². The third-order valence-corrected chi connectivity index (χ3v) is 3.81. The maximum absolute atomic E-state index is 12.9. The van der Waals surface area contributed by atoms with Gasteiger partial charge in [0.15, 0.2) is 0 Å². The second-order valence-corrected chi connectivity index (χ2v) is 6.96. The van der Waals surface area contributed by atoms with Gasteiger partial charge >= 0.3 is 0 Å². The average Bonchev–Trinajstić information content (AvgIpc) is 2.59. The summed E-state index contributed by atoms with van der Waals surface area (Å²) in [4.78, 5) is 0. The Morgan fingerprint density at radius 3 is 2.40 bits per heavy atom. The molecular formula is C15H19BrFN3. The zero-order chi connectivity index (χ0) is 14.9. The minimum absolute atomic E-state index is 0.143. The normalized spacial score (nSPS) is 11.8. The molecule has 0 saturated carbocycles. The SMILES string of the molecule is CC(C)(C)Cc1nn(Cc2ccc(F)cc2)c(N)c1Br. The van der Waals surface area contributed by atoms with E-state index in [0.717, 1.165) is 22.2 Å². The van der Waals surface area contributed by atoms with Gasteiger partial charge in [-0.15, -0.1) is 0 Å². The number of rotatable bonds is 3. The summed E-state index contributed by atoms with van der Waals surface area (Å²) in [7, 11) is 0. The Balaban J connectivity index is 2.24. The number of anilines is 1. The van der Waals surface area contributed by atoms with Gasteiger partial charge in [-0.2, -0.15) is 5.10 Å². The van der Waals surface area contributed by atoms with Gasteiger partial charge < -0.3 is 5.73 Å². The molecule has 0 atom stereocenters. The molecule has 1 aromatic heterocycles.